The van der Waals surface area contributed by atoms with Crippen LogP contribution < -0.4 is 10.1 Å². The second kappa shape index (κ2) is 6.64. The first kappa shape index (κ1) is 15.4. The van der Waals surface area contributed by atoms with E-state index in [1.165, 1.54) is 30.3 Å². The summed E-state index contributed by atoms with van der Waals surface area (Å²) < 4.78 is 19.6. The van der Waals surface area contributed by atoms with Gasteiger partial charge >= 0.3 is 0 Å². The van der Waals surface area contributed by atoms with E-state index in [1.54, 1.807) is 13.1 Å². The maximum absolute atomic E-state index is 13.5. The molecule has 0 bridgehead atoms. The number of rotatable bonds is 5. The van der Waals surface area contributed by atoms with Gasteiger partial charge in [-0.25, -0.2) is 4.39 Å². The third-order valence-corrected chi connectivity index (χ3v) is 3.32. The lowest BCUT2D eigenvalue weighted by molar-refractivity contribution is -0.384. The topological polar surface area (TPSA) is 64.4 Å². The fourth-order valence-corrected chi connectivity index (χ4v) is 2.12. The average Bonchev–Trinajstić information content (AvgIpc) is 2.40. The van der Waals surface area contributed by atoms with Crippen molar-refractivity contribution in [3.8, 4) is 11.5 Å². The number of ether oxygens (including phenoxy) is 1. The lowest BCUT2D eigenvalue weighted by Gasteiger charge is -2.09. The Morgan fingerprint density at radius 3 is 2.76 bits per heavy atom. The molecule has 0 aliphatic carbocycles. The van der Waals surface area contributed by atoms with E-state index in [2.05, 4.69) is 21.2 Å². The van der Waals surface area contributed by atoms with Gasteiger partial charge in [0, 0.05) is 18.7 Å². The number of nitro benzene ring substituents is 1. The molecule has 0 radical (unpaired) electrons. The molecule has 7 heteroatoms. The van der Waals surface area contributed by atoms with Crippen molar-refractivity contribution in [3.05, 3.63) is 62.4 Å². The van der Waals surface area contributed by atoms with Gasteiger partial charge in [0.15, 0.2) is 0 Å². The van der Waals surface area contributed by atoms with Gasteiger partial charge in [0.25, 0.3) is 5.69 Å². The first-order chi connectivity index (χ1) is 9.99. The highest BCUT2D eigenvalue weighted by molar-refractivity contribution is 9.10. The van der Waals surface area contributed by atoms with Gasteiger partial charge in [0.05, 0.1) is 15.5 Å². The second-order valence-electron chi connectivity index (χ2n) is 4.30. The third kappa shape index (κ3) is 3.99. The molecule has 0 fully saturated rings. The minimum Gasteiger partial charge on any atom is -0.456 e. The number of nitrogens with zero attached hydrogens (tertiary/aromatic N) is 1. The van der Waals surface area contributed by atoms with Crippen molar-refractivity contribution in [2.24, 2.45) is 0 Å². The molecule has 0 aromatic heterocycles. The molecule has 0 aliphatic heterocycles. The summed E-state index contributed by atoms with van der Waals surface area (Å²) in [5, 5.41) is 13.7. The molecule has 0 saturated heterocycles. The summed E-state index contributed by atoms with van der Waals surface area (Å²) >= 11 is 3.25. The molecular formula is C14H12BrFN2O3. The number of benzene rings is 2. The second-order valence-corrected chi connectivity index (χ2v) is 5.15. The third-order valence-electron chi connectivity index (χ3n) is 2.67. The van der Waals surface area contributed by atoms with Crippen LogP contribution in [0.4, 0.5) is 10.1 Å². The molecular weight excluding hydrogens is 343 g/mol. The van der Waals surface area contributed by atoms with E-state index in [0.717, 1.165) is 0 Å². The largest absolute Gasteiger partial charge is 0.456 e. The predicted molar refractivity (Wildman–Crippen MR) is 80.0 cm³/mol. The molecule has 2 aromatic rings. The van der Waals surface area contributed by atoms with Crippen LogP contribution in [0.1, 0.15) is 5.56 Å². The lowest BCUT2D eigenvalue weighted by Crippen LogP contribution is -2.05. The van der Waals surface area contributed by atoms with Crippen molar-refractivity contribution >= 4 is 21.6 Å². The minimum atomic E-state index is -0.517. The molecule has 2 aromatic carbocycles. The Hall–Kier alpha value is -1.99. The number of halogens is 2. The van der Waals surface area contributed by atoms with Crippen LogP contribution >= 0.6 is 15.9 Å². The highest BCUT2D eigenvalue weighted by atomic mass is 79.9. The van der Waals surface area contributed by atoms with Gasteiger partial charge in [-0.2, -0.15) is 0 Å². The van der Waals surface area contributed by atoms with E-state index in [1.807, 2.05) is 0 Å². The quantitative estimate of drug-likeness (QED) is 0.650. The van der Waals surface area contributed by atoms with Crippen LogP contribution in [0.25, 0.3) is 0 Å². The molecule has 0 unspecified atom stereocenters. The molecule has 0 atom stereocenters. The maximum atomic E-state index is 13.5. The minimum absolute atomic E-state index is 0.0972. The summed E-state index contributed by atoms with van der Waals surface area (Å²) in [6.45, 7) is 0.490. The predicted octanol–water partition coefficient (Wildman–Crippen LogP) is 4.01. The Bertz CT molecular complexity index is 679. The van der Waals surface area contributed by atoms with Crippen molar-refractivity contribution in [1.29, 1.82) is 0 Å². The van der Waals surface area contributed by atoms with Crippen molar-refractivity contribution in [2.45, 2.75) is 6.54 Å². The van der Waals surface area contributed by atoms with Crippen LogP contribution in [0.5, 0.6) is 11.5 Å². The van der Waals surface area contributed by atoms with Gasteiger partial charge < -0.3 is 10.1 Å². The first-order valence-electron chi connectivity index (χ1n) is 6.05. The van der Waals surface area contributed by atoms with Crippen LogP contribution in [-0.2, 0) is 6.54 Å². The van der Waals surface area contributed by atoms with Crippen LogP contribution in [-0.4, -0.2) is 12.0 Å². The van der Waals surface area contributed by atoms with Crippen molar-refractivity contribution in [2.75, 3.05) is 7.05 Å². The Kier molecular flexibility index (Phi) is 4.87. The molecule has 0 aliphatic rings. The van der Waals surface area contributed by atoms with Crippen LogP contribution in [0.15, 0.2) is 40.9 Å². The molecule has 0 spiro atoms. The molecule has 110 valence electrons. The summed E-state index contributed by atoms with van der Waals surface area (Å²) in [4.78, 5) is 10.3. The Balaban J connectivity index is 2.33. The zero-order valence-electron chi connectivity index (χ0n) is 11.1. The Labute approximate surface area is 129 Å². The van der Waals surface area contributed by atoms with E-state index in [-0.39, 0.29) is 17.2 Å². The number of non-ortho nitro benzene ring substituents is 1. The van der Waals surface area contributed by atoms with Gasteiger partial charge in [-0.05, 0) is 46.7 Å². The average molecular weight is 355 g/mol. The monoisotopic (exact) mass is 354 g/mol. The van der Waals surface area contributed by atoms with E-state index < -0.39 is 10.7 Å². The molecule has 0 amide bonds. The summed E-state index contributed by atoms with van der Waals surface area (Å²) in [5.74, 6) is 0.103. The number of nitro groups is 1. The molecule has 1 N–H and O–H groups in total. The summed E-state index contributed by atoms with van der Waals surface area (Å²) in [5.41, 5.74) is 0.620. The van der Waals surface area contributed by atoms with Gasteiger partial charge in [-0.15, -0.1) is 0 Å². The number of hydrogen-bond donors (Lipinski definition) is 1. The van der Waals surface area contributed by atoms with Crippen molar-refractivity contribution < 1.29 is 14.1 Å². The van der Waals surface area contributed by atoms with E-state index >= 15 is 0 Å². The van der Waals surface area contributed by atoms with Crippen molar-refractivity contribution in [3.63, 3.8) is 0 Å². The summed E-state index contributed by atoms with van der Waals surface area (Å²) in [6.07, 6.45) is 0. The number of nitrogens with one attached hydrogen (secondary N) is 1. The molecule has 21 heavy (non-hydrogen) atoms. The highest BCUT2D eigenvalue weighted by Crippen LogP contribution is 2.33. The van der Waals surface area contributed by atoms with Gasteiger partial charge in [0.1, 0.15) is 17.3 Å². The SMILES string of the molecule is CNCc1cc(F)cc(Oc2cc([N+](=O)[O-])ccc2Br)c1. The zero-order chi connectivity index (χ0) is 15.4. The standard InChI is InChI=1S/C14H12BrFN2O3/c1-17-8-9-4-10(16)6-12(5-9)21-14-7-11(18(19)20)2-3-13(14)15/h2-7,17H,8H2,1H3. The maximum Gasteiger partial charge on any atom is 0.273 e. The molecule has 5 nitrogen and oxygen atoms in total. The van der Waals surface area contributed by atoms with Gasteiger partial charge in [-0.3, -0.25) is 10.1 Å². The zero-order valence-corrected chi connectivity index (χ0v) is 12.7. The smallest absolute Gasteiger partial charge is 0.273 e. The fraction of sp³-hybridized carbons (Fsp3) is 0.143. The van der Waals surface area contributed by atoms with Gasteiger partial charge in [-0.1, -0.05) is 0 Å². The highest BCUT2D eigenvalue weighted by Gasteiger charge is 2.12. The van der Waals surface area contributed by atoms with E-state index in [4.69, 9.17) is 4.74 Å². The van der Waals surface area contributed by atoms with Crippen LogP contribution in [0, 0.1) is 15.9 Å². The van der Waals surface area contributed by atoms with Crippen LogP contribution in [0.3, 0.4) is 0 Å². The van der Waals surface area contributed by atoms with Gasteiger partial charge in [0.2, 0.25) is 0 Å². The van der Waals surface area contributed by atoms with Crippen LogP contribution in [0.2, 0.25) is 0 Å². The normalized spacial score (nSPS) is 10.4. The molecule has 0 heterocycles. The Morgan fingerprint density at radius 1 is 1.33 bits per heavy atom. The summed E-state index contributed by atoms with van der Waals surface area (Å²) in [6, 6.07) is 8.45. The number of hydrogen-bond acceptors (Lipinski definition) is 4. The fourth-order valence-electron chi connectivity index (χ4n) is 1.80. The lowest BCUT2D eigenvalue weighted by atomic mass is 10.2. The van der Waals surface area contributed by atoms with E-state index in [9.17, 15) is 14.5 Å². The molecule has 0 saturated carbocycles. The summed E-state index contributed by atoms with van der Waals surface area (Å²) in [7, 11) is 1.75. The van der Waals surface area contributed by atoms with E-state index in [0.29, 0.717) is 16.6 Å². The Morgan fingerprint density at radius 2 is 2.10 bits per heavy atom. The molecule has 2 rings (SSSR count). The first-order valence-corrected chi connectivity index (χ1v) is 6.85. The van der Waals surface area contributed by atoms with Crippen molar-refractivity contribution in [1.82, 2.24) is 5.32 Å².